The lowest BCUT2D eigenvalue weighted by Gasteiger charge is -2.19. The number of carbonyl (C=O) groups excluding carboxylic acids is 1. The van der Waals surface area contributed by atoms with Gasteiger partial charge in [0.2, 0.25) is 0 Å². The van der Waals surface area contributed by atoms with Crippen LogP contribution in [0.2, 0.25) is 0 Å². The molecule has 0 aromatic heterocycles. The van der Waals surface area contributed by atoms with Crippen LogP contribution in [0.15, 0.2) is 48.5 Å². The third kappa shape index (κ3) is 6.13. The predicted molar refractivity (Wildman–Crippen MR) is 101 cm³/mol. The molecule has 0 aliphatic heterocycles. The van der Waals surface area contributed by atoms with E-state index in [0.717, 1.165) is 25.1 Å². The van der Waals surface area contributed by atoms with E-state index in [0.29, 0.717) is 6.54 Å². The number of carbonyl (C=O) groups is 1. The van der Waals surface area contributed by atoms with Gasteiger partial charge in [0.25, 0.3) is 5.91 Å². The number of amides is 1. The van der Waals surface area contributed by atoms with Gasteiger partial charge < -0.3 is 19.7 Å². The Hall–Kier alpha value is -2.83. The van der Waals surface area contributed by atoms with E-state index >= 15 is 0 Å². The first kappa shape index (κ1) is 20.5. The first-order valence-electron chi connectivity index (χ1n) is 8.69. The van der Waals surface area contributed by atoms with E-state index in [2.05, 4.69) is 15.0 Å². The predicted octanol–water partition coefficient (Wildman–Crippen LogP) is 3.94. The normalized spacial score (nSPS) is 10.6. The van der Waals surface area contributed by atoms with Crippen molar-refractivity contribution >= 4 is 11.6 Å². The minimum Gasteiger partial charge on any atom is -0.493 e. The number of ether oxygens (including phenoxy) is 2. The third-order valence-electron chi connectivity index (χ3n) is 4.05. The van der Waals surface area contributed by atoms with Crippen LogP contribution < -0.4 is 19.7 Å². The number of benzene rings is 2. The topological polar surface area (TPSA) is 50.8 Å². The van der Waals surface area contributed by atoms with Crippen LogP contribution in [0, 0.1) is 0 Å². The first-order chi connectivity index (χ1) is 13.0. The summed E-state index contributed by atoms with van der Waals surface area (Å²) < 4.78 is 34.7. The summed E-state index contributed by atoms with van der Waals surface area (Å²) in [7, 11) is 3.34. The number of nitrogens with one attached hydrogen (secondary N) is 1. The average molecular weight is 378 g/mol. The molecule has 0 aliphatic carbocycles. The third-order valence-corrected chi connectivity index (χ3v) is 4.05. The van der Waals surface area contributed by atoms with Crippen LogP contribution in [-0.2, 0) is 0 Å². The summed E-state index contributed by atoms with van der Waals surface area (Å²) >= 11 is 0. The van der Waals surface area contributed by atoms with E-state index in [-0.39, 0.29) is 17.1 Å². The van der Waals surface area contributed by atoms with Crippen molar-refractivity contribution in [1.82, 2.24) is 5.32 Å². The van der Waals surface area contributed by atoms with E-state index in [1.165, 1.54) is 19.2 Å². The van der Waals surface area contributed by atoms with Crippen molar-refractivity contribution < 1.29 is 23.0 Å². The van der Waals surface area contributed by atoms with E-state index in [1.54, 1.807) is 6.07 Å². The van der Waals surface area contributed by atoms with Gasteiger partial charge in [0.15, 0.2) is 11.5 Å². The number of rotatable bonds is 10. The number of methoxy groups -OCH3 is 1. The number of para-hydroxylation sites is 2. The number of hydrogen-bond acceptors (Lipinski definition) is 4. The molecule has 2 aromatic rings. The van der Waals surface area contributed by atoms with Crippen LogP contribution in [0.4, 0.5) is 14.5 Å². The van der Waals surface area contributed by atoms with Crippen LogP contribution in [-0.4, -0.2) is 39.8 Å². The number of unbranched alkanes of at least 4 members (excludes halogenated alkanes) is 1. The minimum absolute atomic E-state index is 0.0241. The molecule has 0 saturated heterocycles. The van der Waals surface area contributed by atoms with Gasteiger partial charge in [-0.3, -0.25) is 4.79 Å². The molecule has 0 unspecified atom stereocenters. The number of halogens is 2. The lowest BCUT2D eigenvalue weighted by Crippen LogP contribution is -2.26. The maximum atomic E-state index is 12.6. The van der Waals surface area contributed by atoms with Crippen molar-refractivity contribution in [2.45, 2.75) is 19.5 Å². The molecule has 27 heavy (non-hydrogen) atoms. The second-order valence-electron chi connectivity index (χ2n) is 5.94. The minimum atomic E-state index is -3.04. The molecule has 0 fully saturated rings. The molecule has 2 aromatic carbocycles. The van der Waals surface area contributed by atoms with Gasteiger partial charge in [0, 0.05) is 25.8 Å². The van der Waals surface area contributed by atoms with Crippen molar-refractivity contribution in [2.24, 2.45) is 0 Å². The molecule has 0 spiro atoms. The summed E-state index contributed by atoms with van der Waals surface area (Å²) in [4.78, 5) is 14.5. The molecular formula is C20H24F2N2O3. The molecule has 2 rings (SSSR count). The van der Waals surface area contributed by atoms with Crippen LogP contribution in [0.5, 0.6) is 11.5 Å². The molecule has 0 atom stereocenters. The standard InChI is InChI=1S/C20H24F2N2O3/c1-24(15-9-4-3-5-10-15)14-7-6-13-23-19(25)16-11-8-12-17(26-2)18(16)27-20(21)22/h3-5,8-12,20H,6-7,13-14H2,1-2H3,(H,23,25). The highest BCUT2D eigenvalue weighted by Crippen LogP contribution is 2.32. The fourth-order valence-electron chi connectivity index (χ4n) is 2.65. The molecular weight excluding hydrogens is 354 g/mol. The van der Waals surface area contributed by atoms with Crippen molar-refractivity contribution in [3.8, 4) is 11.5 Å². The molecule has 0 aliphatic rings. The highest BCUT2D eigenvalue weighted by molar-refractivity contribution is 5.97. The molecule has 1 amide bonds. The van der Waals surface area contributed by atoms with Crippen LogP contribution in [0.1, 0.15) is 23.2 Å². The SMILES string of the molecule is COc1cccc(C(=O)NCCCCN(C)c2ccccc2)c1OC(F)F. The largest absolute Gasteiger partial charge is 0.493 e. The average Bonchev–Trinajstić information content (AvgIpc) is 2.67. The Balaban J connectivity index is 1.84. The summed E-state index contributed by atoms with van der Waals surface area (Å²) in [5, 5.41) is 2.74. The van der Waals surface area contributed by atoms with E-state index in [4.69, 9.17) is 4.74 Å². The lowest BCUT2D eigenvalue weighted by atomic mass is 10.1. The fraction of sp³-hybridized carbons (Fsp3) is 0.350. The summed E-state index contributed by atoms with van der Waals surface area (Å²) in [6, 6.07) is 14.5. The van der Waals surface area contributed by atoms with E-state index in [1.807, 2.05) is 37.4 Å². The maximum absolute atomic E-state index is 12.6. The van der Waals surface area contributed by atoms with Gasteiger partial charge in [0.05, 0.1) is 12.7 Å². The van der Waals surface area contributed by atoms with Crippen LogP contribution in [0.25, 0.3) is 0 Å². The smallest absolute Gasteiger partial charge is 0.387 e. The van der Waals surface area contributed by atoms with Gasteiger partial charge in [-0.25, -0.2) is 0 Å². The second-order valence-corrected chi connectivity index (χ2v) is 5.94. The number of nitrogens with zero attached hydrogens (tertiary/aromatic N) is 1. The van der Waals surface area contributed by atoms with Gasteiger partial charge >= 0.3 is 6.61 Å². The maximum Gasteiger partial charge on any atom is 0.387 e. The lowest BCUT2D eigenvalue weighted by molar-refractivity contribution is -0.0515. The summed E-state index contributed by atoms with van der Waals surface area (Å²) in [5.41, 5.74) is 1.16. The molecule has 0 bridgehead atoms. The van der Waals surface area contributed by atoms with Crippen molar-refractivity contribution in [3.05, 3.63) is 54.1 Å². The van der Waals surface area contributed by atoms with Gasteiger partial charge in [-0.2, -0.15) is 8.78 Å². The molecule has 1 N–H and O–H groups in total. The number of anilines is 1. The Bertz CT molecular complexity index is 726. The number of hydrogen-bond donors (Lipinski definition) is 1. The number of alkyl halides is 2. The van der Waals surface area contributed by atoms with Crippen molar-refractivity contribution in [3.63, 3.8) is 0 Å². The quantitative estimate of drug-likeness (QED) is 0.636. The Morgan fingerprint density at radius 1 is 1.11 bits per heavy atom. The highest BCUT2D eigenvalue weighted by atomic mass is 19.3. The molecule has 7 heteroatoms. The van der Waals surface area contributed by atoms with Gasteiger partial charge in [-0.05, 0) is 37.1 Å². The first-order valence-corrected chi connectivity index (χ1v) is 8.69. The monoisotopic (exact) mass is 378 g/mol. The zero-order chi connectivity index (χ0) is 19.6. The zero-order valence-electron chi connectivity index (χ0n) is 15.5. The van der Waals surface area contributed by atoms with Crippen molar-refractivity contribution in [2.75, 3.05) is 32.1 Å². The summed E-state index contributed by atoms with van der Waals surface area (Å²) in [6.45, 7) is -1.76. The Labute approximate surface area is 157 Å². The summed E-state index contributed by atoms with van der Waals surface area (Å²) in [6.07, 6.45) is 1.64. The Morgan fingerprint density at radius 2 is 1.85 bits per heavy atom. The fourth-order valence-corrected chi connectivity index (χ4v) is 2.65. The summed E-state index contributed by atoms with van der Waals surface area (Å²) in [5.74, 6) is -0.635. The van der Waals surface area contributed by atoms with Gasteiger partial charge in [-0.1, -0.05) is 24.3 Å². The van der Waals surface area contributed by atoms with E-state index in [9.17, 15) is 13.6 Å². The Morgan fingerprint density at radius 3 is 2.52 bits per heavy atom. The molecule has 146 valence electrons. The van der Waals surface area contributed by atoms with Gasteiger partial charge in [0.1, 0.15) is 0 Å². The van der Waals surface area contributed by atoms with Crippen LogP contribution >= 0.6 is 0 Å². The molecule has 0 radical (unpaired) electrons. The molecule has 5 nitrogen and oxygen atoms in total. The molecule has 0 heterocycles. The highest BCUT2D eigenvalue weighted by Gasteiger charge is 2.19. The van der Waals surface area contributed by atoms with Crippen molar-refractivity contribution in [1.29, 1.82) is 0 Å². The van der Waals surface area contributed by atoms with Gasteiger partial charge in [-0.15, -0.1) is 0 Å². The zero-order valence-corrected chi connectivity index (χ0v) is 15.5. The second kappa shape index (κ2) is 10.4. The Kier molecular flexibility index (Phi) is 7.85. The molecule has 0 saturated carbocycles. The van der Waals surface area contributed by atoms with E-state index < -0.39 is 12.5 Å². The van der Waals surface area contributed by atoms with Crippen LogP contribution in [0.3, 0.4) is 0 Å².